The molecule has 1 aliphatic heterocycles. The van der Waals surface area contributed by atoms with Crippen molar-refractivity contribution in [1.29, 1.82) is 0 Å². The summed E-state index contributed by atoms with van der Waals surface area (Å²) in [5.74, 6) is 0.414. The van der Waals surface area contributed by atoms with Crippen molar-refractivity contribution in [2.45, 2.75) is 32.6 Å². The number of rotatable bonds is 5. The van der Waals surface area contributed by atoms with Crippen molar-refractivity contribution in [3.8, 4) is 5.75 Å². The van der Waals surface area contributed by atoms with Gasteiger partial charge in [0.2, 0.25) is 5.91 Å². The number of piperidine rings is 1. The van der Waals surface area contributed by atoms with Crippen LogP contribution < -0.4 is 10.5 Å². The first kappa shape index (κ1) is 16.3. The average Bonchev–Trinajstić information content (AvgIpc) is 2.55. The van der Waals surface area contributed by atoms with E-state index < -0.39 is 5.41 Å². The lowest BCUT2D eigenvalue weighted by molar-refractivity contribution is -0.130. The Balaban J connectivity index is 2.07. The van der Waals surface area contributed by atoms with E-state index in [4.69, 9.17) is 10.5 Å². The zero-order valence-corrected chi connectivity index (χ0v) is 13.3. The van der Waals surface area contributed by atoms with Crippen molar-refractivity contribution in [2.75, 3.05) is 20.2 Å². The van der Waals surface area contributed by atoms with Gasteiger partial charge in [0.15, 0.2) is 0 Å². The van der Waals surface area contributed by atoms with Crippen LogP contribution in [0.3, 0.4) is 0 Å². The minimum absolute atomic E-state index is 0.0199. The molecule has 5 heteroatoms. The highest BCUT2D eigenvalue weighted by molar-refractivity contribution is 5.95. The first-order valence-corrected chi connectivity index (χ1v) is 7.75. The lowest BCUT2D eigenvalue weighted by atomic mass is 9.74. The van der Waals surface area contributed by atoms with Gasteiger partial charge in [-0.15, -0.1) is 0 Å². The second-order valence-corrected chi connectivity index (χ2v) is 5.92. The normalized spacial score (nSPS) is 17.1. The summed E-state index contributed by atoms with van der Waals surface area (Å²) in [5.41, 5.74) is 5.77. The minimum Gasteiger partial charge on any atom is -0.497 e. The number of likely N-dealkylation sites (tertiary alicyclic amines) is 1. The Morgan fingerprint density at radius 2 is 2.00 bits per heavy atom. The molecule has 0 atom stereocenters. The smallest absolute Gasteiger partial charge is 0.253 e. The second-order valence-electron chi connectivity index (χ2n) is 5.92. The molecule has 0 saturated carbocycles. The number of carbonyl (C=O) groups is 2. The predicted octanol–water partition coefficient (Wildman–Crippen LogP) is 2.20. The number of amides is 2. The Kier molecular flexibility index (Phi) is 5.06. The van der Waals surface area contributed by atoms with Gasteiger partial charge in [0, 0.05) is 18.7 Å². The number of hydrogen-bond acceptors (Lipinski definition) is 3. The number of carbonyl (C=O) groups excluding carboxylic acids is 2. The number of hydrogen-bond donors (Lipinski definition) is 1. The molecule has 1 aromatic rings. The molecule has 0 spiro atoms. The SMILES string of the molecule is CCCC1(C(N)=O)CCN(C(=O)c2cccc(OC)c2)CC1. The zero-order chi connectivity index (χ0) is 16.2. The third kappa shape index (κ3) is 3.24. The molecule has 5 nitrogen and oxygen atoms in total. The van der Waals surface area contributed by atoms with Crippen LogP contribution in [-0.4, -0.2) is 36.9 Å². The largest absolute Gasteiger partial charge is 0.497 e. The van der Waals surface area contributed by atoms with Crippen LogP contribution in [0.25, 0.3) is 0 Å². The molecule has 1 fully saturated rings. The van der Waals surface area contributed by atoms with Crippen LogP contribution in [0.1, 0.15) is 43.0 Å². The Morgan fingerprint density at radius 3 is 2.55 bits per heavy atom. The van der Waals surface area contributed by atoms with Crippen LogP contribution in [0.2, 0.25) is 0 Å². The molecule has 0 aliphatic carbocycles. The molecular weight excluding hydrogens is 280 g/mol. The molecule has 0 unspecified atom stereocenters. The van der Waals surface area contributed by atoms with E-state index in [9.17, 15) is 9.59 Å². The summed E-state index contributed by atoms with van der Waals surface area (Å²) in [6.07, 6.45) is 3.01. The van der Waals surface area contributed by atoms with Gasteiger partial charge in [-0.25, -0.2) is 0 Å². The summed E-state index contributed by atoms with van der Waals surface area (Å²) < 4.78 is 5.16. The maximum Gasteiger partial charge on any atom is 0.253 e. The summed E-state index contributed by atoms with van der Waals surface area (Å²) in [4.78, 5) is 26.2. The predicted molar refractivity (Wildman–Crippen MR) is 84.7 cm³/mol. The molecule has 22 heavy (non-hydrogen) atoms. The van der Waals surface area contributed by atoms with Gasteiger partial charge >= 0.3 is 0 Å². The van der Waals surface area contributed by atoms with Gasteiger partial charge < -0.3 is 15.4 Å². The number of methoxy groups -OCH3 is 1. The summed E-state index contributed by atoms with van der Waals surface area (Å²) in [7, 11) is 1.58. The van der Waals surface area contributed by atoms with Crippen molar-refractivity contribution in [3.63, 3.8) is 0 Å². The van der Waals surface area contributed by atoms with Crippen LogP contribution in [0.15, 0.2) is 24.3 Å². The highest BCUT2D eigenvalue weighted by Gasteiger charge is 2.40. The molecule has 0 bridgehead atoms. The molecule has 0 aromatic heterocycles. The number of benzene rings is 1. The van der Waals surface area contributed by atoms with Crippen molar-refractivity contribution >= 4 is 11.8 Å². The summed E-state index contributed by atoms with van der Waals surface area (Å²) in [5, 5.41) is 0. The van der Waals surface area contributed by atoms with E-state index in [1.807, 2.05) is 6.07 Å². The fraction of sp³-hybridized carbons (Fsp3) is 0.529. The maximum absolute atomic E-state index is 12.6. The molecule has 2 rings (SSSR count). The van der Waals surface area contributed by atoms with E-state index in [0.29, 0.717) is 37.2 Å². The first-order valence-electron chi connectivity index (χ1n) is 7.75. The number of nitrogens with two attached hydrogens (primary N) is 1. The molecule has 2 N–H and O–H groups in total. The van der Waals surface area contributed by atoms with Crippen LogP contribution in [0, 0.1) is 5.41 Å². The van der Waals surface area contributed by atoms with Crippen LogP contribution >= 0.6 is 0 Å². The third-order valence-electron chi connectivity index (χ3n) is 4.58. The summed E-state index contributed by atoms with van der Waals surface area (Å²) in [6.45, 7) is 3.19. The first-order chi connectivity index (χ1) is 10.5. The molecule has 1 saturated heterocycles. The zero-order valence-electron chi connectivity index (χ0n) is 13.3. The van der Waals surface area contributed by atoms with Gasteiger partial charge in [-0.05, 0) is 37.5 Å². The van der Waals surface area contributed by atoms with E-state index in [1.54, 1.807) is 30.2 Å². The van der Waals surface area contributed by atoms with Gasteiger partial charge in [0.25, 0.3) is 5.91 Å². The summed E-state index contributed by atoms with van der Waals surface area (Å²) in [6, 6.07) is 7.14. The molecule has 1 aromatic carbocycles. The standard InChI is InChI=1S/C17H24N2O3/c1-3-7-17(16(18)21)8-10-19(11-9-17)15(20)13-5-4-6-14(12-13)22-2/h4-6,12H,3,7-11H2,1-2H3,(H2,18,21). The van der Waals surface area contributed by atoms with E-state index in [1.165, 1.54) is 0 Å². The lowest BCUT2D eigenvalue weighted by Gasteiger charge is -2.39. The molecule has 120 valence electrons. The number of ether oxygens (including phenoxy) is 1. The second kappa shape index (κ2) is 6.81. The monoisotopic (exact) mass is 304 g/mol. The fourth-order valence-corrected chi connectivity index (χ4v) is 3.17. The fourth-order valence-electron chi connectivity index (χ4n) is 3.17. The quantitative estimate of drug-likeness (QED) is 0.906. The summed E-state index contributed by atoms with van der Waals surface area (Å²) >= 11 is 0. The topological polar surface area (TPSA) is 72.6 Å². The van der Waals surface area contributed by atoms with Gasteiger partial charge in [0.05, 0.1) is 12.5 Å². The van der Waals surface area contributed by atoms with Gasteiger partial charge in [-0.2, -0.15) is 0 Å². The van der Waals surface area contributed by atoms with E-state index in [0.717, 1.165) is 12.8 Å². The molecule has 2 amide bonds. The molecule has 1 aliphatic rings. The lowest BCUT2D eigenvalue weighted by Crippen LogP contribution is -2.48. The van der Waals surface area contributed by atoms with Crippen molar-refractivity contribution in [2.24, 2.45) is 11.1 Å². The van der Waals surface area contributed by atoms with Crippen LogP contribution in [-0.2, 0) is 4.79 Å². The van der Waals surface area contributed by atoms with Crippen molar-refractivity contribution in [1.82, 2.24) is 4.90 Å². The number of primary amides is 1. The van der Waals surface area contributed by atoms with E-state index >= 15 is 0 Å². The Labute approximate surface area is 131 Å². The van der Waals surface area contributed by atoms with E-state index in [2.05, 4.69) is 6.92 Å². The van der Waals surface area contributed by atoms with Crippen molar-refractivity contribution in [3.05, 3.63) is 29.8 Å². The van der Waals surface area contributed by atoms with Crippen LogP contribution in [0.5, 0.6) is 5.75 Å². The van der Waals surface area contributed by atoms with Crippen LogP contribution in [0.4, 0.5) is 0 Å². The van der Waals surface area contributed by atoms with Gasteiger partial charge in [-0.3, -0.25) is 9.59 Å². The molecule has 1 heterocycles. The molecule has 0 radical (unpaired) electrons. The minimum atomic E-state index is -0.445. The third-order valence-corrected chi connectivity index (χ3v) is 4.58. The average molecular weight is 304 g/mol. The Bertz CT molecular complexity index is 549. The Morgan fingerprint density at radius 1 is 1.32 bits per heavy atom. The molecular formula is C17H24N2O3. The van der Waals surface area contributed by atoms with E-state index in [-0.39, 0.29) is 11.8 Å². The maximum atomic E-state index is 12.6. The van der Waals surface area contributed by atoms with Gasteiger partial charge in [0.1, 0.15) is 5.75 Å². The Hall–Kier alpha value is -2.04. The highest BCUT2D eigenvalue weighted by Crippen LogP contribution is 2.36. The van der Waals surface area contributed by atoms with Gasteiger partial charge in [-0.1, -0.05) is 19.4 Å². The van der Waals surface area contributed by atoms with Crippen molar-refractivity contribution < 1.29 is 14.3 Å². The number of nitrogens with zero attached hydrogens (tertiary/aromatic N) is 1. The highest BCUT2D eigenvalue weighted by atomic mass is 16.5.